The zero-order valence-electron chi connectivity index (χ0n) is 47.0. The van der Waals surface area contributed by atoms with Gasteiger partial charge in [0.1, 0.15) is 19.3 Å². The maximum absolute atomic E-state index is 12.9. The summed E-state index contributed by atoms with van der Waals surface area (Å²) in [7, 11) is -9.85. The number of unbranched alkanes of at least 4 members (excludes halogenated alkanes) is 27. The number of hydrogen-bond acceptors (Lipinski definition) is 15. The predicted molar refractivity (Wildman–Crippen MR) is 289 cm³/mol. The van der Waals surface area contributed by atoms with Gasteiger partial charge in [-0.25, -0.2) is 9.13 Å². The highest BCUT2D eigenvalue weighted by Crippen LogP contribution is 2.45. The molecule has 3 N–H and O–H groups in total. The number of rotatable bonds is 55. The molecule has 0 aliphatic carbocycles. The van der Waals surface area contributed by atoms with E-state index < -0.39 is 97.5 Å². The normalized spacial score (nSPS) is 14.5. The smallest absolute Gasteiger partial charge is 0.462 e. The largest absolute Gasteiger partial charge is 0.472 e. The van der Waals surface area contributed by atoms with Crippen molar-refractivity contribution in [1.29, 1.82) is 0 Å². The Morgan fingerprint density at radius 2 is 0.622 bits per heavy atom. The van der Waals surface area contributed by atoms with Crippen LogP contribution >= 0.6 is 15.6 Å². The number of hydrogen-bond donors (Lipinski definition) is 3. The molecular weight excluding hydrogens is 995 g/mol. The van der Waals surface area contributed by atoms with E-state index >= 15 is 0 Å². The van der Waals surface area contributed by atoms with Gasteiger partial charge in [0, 0.05) is 25.7 Å². The molecule has 0 amide bonds. The lowest BCUT2D eigenvalue weighted by Gasteiger charge is -2.21. The first-order valence-electron chi connectivity index (χ1n) is 29.1. The molecule has 17 nitrogen and oxygen atoms in total. The topological polar surface area (TPSA) is 237 Å². The predicted octanol–water partition coefficient (Wildman–Crippen LogP) is 14.3. The Morgan fingerprint density at radius 1 is 0.365 bits per heavy atom. The van der Waals surface area contributed by atoms with E-state index in [4.69, 9.17) is 37.0 Å². The summed E-state index contributed by atoms with van der Waals surface area (Å²) in [5, 5.41) is 10.4. The van der Waals surface area contributed by atoms with E-state index in [-0.39, 0.29) is 25.7 Å². The molecule has 0 rings (SSSR count). The average Bonchev–Trinajstić information content (AvgIpc) is 3.36. The van der Waals surface area contributed by atoms with E-state index in [0.717, 1.165) is 102 Å². The molecule has 19 heteroatoms. The SMILES string of the molecule is CCCCCCCCCCCC(=O)OC[C@H](COP(=O)(O)OC[C@@H](O)COP(=O)(O)OC[C@@H](COC(=O)CCCCCCC)OC(=O)CCCCCCCCCCC)OC(=O)CCCCCCCCCCC(C)C. The third-order valence-corrected chi connectivity index (χ3v) is 14.4. The maximum atomic E-state index is 12.9. The van der Waals surface area contributed by atoms with Gasteiger partial charge in [-0.1, -0.05) is 214 Å². The van der Waals surface area contributed by atoms with Crippen molar-refractivity contribution in [2.24, 2.45) is 5.92 Å². The van der Waals surface area contributed by atoms with E-state index in [9.17, 15) is 43.2 Å². The lowest BCUT2D eigenvalue weighted by Crippen LogP contribution is -2.30. The maximum Gasteiger partial charge on any atom is 0.472 e. The molecule has 0 aromatic rings. The van der Waals surface area contributed by atoms with Crippen molar-refractivity contribution in [3.05, 3.63) is 0 Å². The summed E-state index contributed by atoms with van der Waals surface area (Å²) in [6, 6.07) is 0. The molecule has 0 heterocycles. The molecular formula is C55H106O17P2. The molecule has 0 aromatic heterocycles. The fourth-order valence-corrected chi connectivity index (χ4v) is 9.57. The van der Waals surface area contributed by atoms with Gasteiger partial charge in [0.15, 0.2) is 12.2 Å². The number of phosphoric ester groups is 2. The van der Waals surface area contributed by atoms with Crippen LogP contribution < -0.4 is 0 Å². The fraction of sp³-hybridized carbons (Fsp3) is 0.927. The third-order valence-electron chi connectivity index (χ3n) is 12.5. The van der Waals surface area contributed by atoms with E-state index in [1.807, 2.05) is 0 Å². The van der Waals surface area contributed by atoms with Gasteiger partial charge in [-0.3, -0.25) is 37.3 Å². The minimum Gasteiger partial charge on any atom is -0.462 e. The zero-order valence-corrected chi connectivity index (χ0v) is 48.7. The Balaban J connectivity index is 5.18. The van der Waals surface area contributed by atoms with Crippen molar-refractivity contribution in [2.45, 2.75) is 284 Å². The molecule has 0 bridgehead atoms. The van der Waals surface area contributed by atoms with E-state index in [0.29, 0.717) is 25.7 Å². The van der Waals surface area contributed by atoms with Crippen LogP contribution in [0.4, 0.5) is 0 Å². The molecule has 0 saturated heterocycles. The summed E-state index contributed by atoms with van der Waals surface area (Å²) in [5.41, 5.74) is 0. The Kier molecular flexibility index (Phi) is 48.1. The second-order valence-corrected chi connectivity index (χ2v) is 23.4. The molecule has 5 atom stereocenters. The number of carbonyl (C=O) groups is 4. The van der Waals surface area contributed by atoms with Crippen LogP contribution in [0.1, 0.15) is 266 Å². The standard InChI is InChI=1S/C55H106O17P2/c1-6-9-12-15-17-19-24-29-34-39-53(58)66-45-51(72-55(60)41-36-31-26-22-21-23-28-32-37-48(4)5)47-70-74(63,64)68-43-49(56)42-67-73(61,62)69-46-50(44-65-52(57)38-33-27-14-11-8-3)71-54(59)40-35-30-25-20-18-16-13-10-7-2/h48-51,56H,6-47H2,1-5H3,(H,61,62)(H,63,64)/t49-,50+,51+/m0/s1. The monoisotopic (exact) mass is 1100 g/mol. The highest BCUT2D eigenvalue weighted by atomic mass is 31.2. The molecule has 438 valence electrons. The number of carbonyl (C=O) groups excluding carboxylic acids is 4. The molecule has 74 heavy (non-hydrogen) atoms. The Bertz CT molecular complexity index is 1470. The number of phosphoric acid groups is 2. The average molecular weight is 1100 g/mol. The molecule has 0 radical (unpaired) electrons. The van der Waals surface area contributed by atoms with Crippen molar-refractivity contribution in [3.8, 4) is 0 Å². The lowest BCUT2D eigenvalue weighted by molar-refractivity contribution is -0.161. The molecule has 0 aromatic carbocycles. The minimum atomic E-state index is -4.93. The van der Waals surface area contributed by atoms with Crippen LogP contribution in [0.15, 0.2) is 0 Å². The molecule has 0 spiro atoms. The summed E-state index contributed by atoms with van der Waals surface area (Å²) in [6.45, 7) is 6.96. The quantitative estimate of drug-likeness (QED) is 0.0222. The van der Waals surface area contributed by atoms with Crippen molar-refractivity contribution in [2.75, 3.05) is 39.6 Å². The summed E-state index contributed by atoms with van der Waals surface area (Å²) < 4.78 is 67.3. The number of esters is 4. The Morgan fingerprint density at radius 3 is 0.919 bits per heavy atom. The van der Waals surface area contributed by atoms with Gasteiger partial charge in [0.05, 0.1) is 26.4 Å². The van der Waals surface area contributed by atoms with Gasteiger partial charge >= 0.3 is 39.5 Å². The van der Waals surface area contributed by atoms with Crippen LogP contribution in [-0.2, 0) is 65.4 Å². The second-order valence-electron chi connectivity index (χ2n) is 20.4. The summed E-state index contributed by atoms with van der Waals surface area (Å²) in [6.07, 6.45) is 29.7. The van der Waals surface area contributed by atoms with Gasteiger partial charge in [-0.05, 0) is 31.6 Å². The summed E-state index contributed by atoms with van der Waals surface area (Å²) in [4.78, 5) is 71.4. The van der Waals surface area contributed by atoms with Gasteiger partial charge < -0.3 is 33.8 Å². The van der Waals surface area contributed by atoms with Crippen LogP contribution in [0.5, 0.6) is 0 Å². The minimum absolute atomic E-state index is 0.104. The van der Waals surface area contributed by atoms with Crippen molar-refractivity contribution < 1.29 is 80.2 Å². The second kappa shape index (κ2) is 49.4. The van der Waals surface area contributed by atoms with E-state index in [1.165, 1.54) is 83.5 Å². The fourth-order valence-electron chi connectivity index (χ4n) is 7.99. The zero-order chi connectivity index (χ0) is 55.0. The Hall–Kier alpha value is -1.94. The highest BCUT2D eigenvalue weighted by Gasteiger charge is 2.30. The van der Waals surface area contributed by atoms with Gasteiger partial charge in [0.25, 0.3) is 0 Å². The van der Waals surface area contributed by atoms with Crippen molar-refractivity contribution in [1.82, 2.24) is 0 Å². The first kappa shape index (κ1) is 72.1. The first-order chi connectivity index (χ1) is 35.5. The van der Waals surface area contributed by atoms with E-state index in [1.54, 1.807) is 0 Å². The lowest BCUT2D eigenvalue weighted by atomic mass is 10.0. The van der Waals surface area contributed by atoms with Crippen LogP contribution in [0.3, 0.4) is 0 Å². The highest BCUT2D eigenvalue weighted by molar-refractivity contribution is 7.47. The van der Waals surface area contributed by atoms with Gasteiger partial charge in [-0.2, -0.15) is 0 Å². The van der Waals surface area contributed by atoms with Crippen LogP contribution in [0.25, 0.3) is 0 Å². The Labute approximate surface area is 447 Å². The van der Waals surface area contributed by atoms with Crippen LogP contribution in [-0.4, -0.2) is 96.7 Å². The van der Waals surface area contributed by atoms with Gasteiger partial charge in [-0.15, -0.1) is 0 Å². The summed E-state index contributed by atoms with van der Waals surface area (Å²) in [5.74, 6) is -1.44. The van der Waals surface area contributed by atoms with Gasteiger partial charge in [0.2, 0.25) is 0 Å². The molecule has 2 unspecified atom stereocenters. The molecule has 0 aliphatic heterocycles. The van der Waals surface area contributed by atoms with Crippen LogP contribution in [0, 0.1) is 5.92 Å². The number of aliphatic hydroxyl groups excluding tert-OH is 1. The molecule has 0 fully saturated rings. The number of ether oxygens (including phenoxy) is 4. The molecule has 0 saturated carbocycles. The van der Waals surface area contributed by atoms with E-state index in [2.05, 4.69) is 34.6 Å². The summed E-state index contributed by atoms with van der Waals surface area (Å²) >= 11 is 0. The third kappa shape index (κ3) is 49.6. The van der Waals surface area contributed by atoms with Crippen molar-refractivity contribution >= 4 is 39.5 Å². The first-order valence-corrected chi connectivity index (χ1v) is 32.1. The van der Waals surface area contributed by atoms with Crippen molar-refractivity contribution in [3.63, 3.8) is 0 Å². The number of aliphatic hydroxyl groups is 1. The molecule has 0 aliphatic rings. The van der Waals surface area contributed by atoms with Crippen LogP contribution in [0.2, 0.25) is 0 Å².